The molecule has 3 atom stereocenters. The maximum Gasteiger partial charge on any atom is 0.0480 e. The number of hydrogen-bond donors (Lipinski definition) is 2. The van der Waals surface area contributed by atoms with Crippen LogP contribution in [0, 0.1) is 11.8 Å². The molecule has 1 aliphatic carbocycles. The Balaban J connectivity index is 2.29. The summed E-state index contributed by atoms with van der Waals surface area (Å²) >= 11 is 4.94. The van der Waals surface area contributed by atoms with Crippen molar-refractivity contribution in [2.75, 3.05) is 17.6 Å². The van der Waals surface area contributed by atoms with Crippen LogP contribution >= 0.6 is 45.2 Å². The molecule has 1 saturated carbocycles. The third kappa shape index (κ3) is 4.61. The van der Waals surface area contributed by atoms with Crippen molar-refractivity contribution in [1.29, 1.82) is 0 Å². The zero-order valence-electron chi connectivity index (χ0n) is 7.81. The molecule has 3 N–H and O–H groups in total. The van der Waals surface area contributed by atoms with Gasteiger partial charge in [0, 0.05) is 8.48 Å². The SMILES string of the molecule is NCC1CC(I)CC(CNCI)C1. The molecule has 1 rings (SSSR count). The van der Waals surface area contributed by atoms with Crippen molar-refractivity contribution in [3.8, 4) is 0 Å². The van der Waals surface area contributed by atoms with Gasteiger partial charge in [-0.1, -0.05) is 45.2 Å². The molecule has 1 fully saturated rings. The molecule has 0 aromatic carbocycles. The van der Waals surface area contributed by atoms with Gasteiger partial charge in [-0.15, -0.1) is 0 Å². The zero-order valence-corrected chi connectivity index (χ0v) is 12.1. The third-order valence-corrected chi connectivity index (χ3v) is 4.26. The molecule has 0 aromatic rings. The first-order valence-electron chi connectivity index (χ1n) is 4.87. The highest BCUT2D eigenvalue weighted by Crippen LogP contribution is 2.32. The molecule has 4 heteroatoms. The lowest BCUT2D eigenvalue weighted by Crippen LogP contribution is -2.33. The molecule has 0 bridgehead atoms. The average Bonchev–Trinajstić information content (AvgIpc) is 2.14. The van der Waals surface area contributed by atoms with E-state index in [0.29, 0.717) is 0 Å². The Labute approximate surface area is 108 Å². The quantitative estimate of drug-likeness (QED) is 0.425. The topological polar surface area (TPSA) is 38.0 Å². The van der Waals surface area contributed by atoms with Gasteiger partial charge in [-0.2, -0.15) is 0 Å². The summed E-state index contributed by atoms with van der Waals surface area (Å²) in [6, 6.07) is 0. The van der Waals surface area contributed by atoms with Gasteiger partial charge in [-0.3, -0.25) is 0 Å². The van der Waals surface area contributed by atoms with E-state index in [4.69, 9.17) is 5.73 Å². The summed E-state index contributed by atoms with van der Waals surface area (Å²) in [5.74, 6) is 1.63. The standard InChI is InChI=1S/C9H18I2N2/c10-6-13-5-8-1-7(4-12)2-9(11)3-8/h7-9,13H,1-6,12H2. The van der Waals surface area contributed by atoms with Crippen LogP contribution in [0.3, 0.4) is 0 Å². The van der Waals surface area contributed by atoms with Crippen molar-refractivity contribution >= 4 is 45.2 Å². The van der Waals surface area contributed by atoms with Crippen LogP contribution in [-0.2, 0) is 0 Å². The highest BCUT2D eigenvalue weighted by molar-refractivity contribution is 14.1. The molecule has 0 heterocycles. The molecule has 0 radical (unpaired) electrons. The van der Waals surface area contributed by atoms with Crippen molar-refractivity contribution in [3.05, 3.63) is 0 Å². The van der Waals surface area contributed by atoms with E-state index in [1.54, 1.807) is 0 Å². The van der Waals surface area contributed by atoms with Crippen molar-refractivity contribution < 1.29 is 0 Å². The predicted octanol–water partition coefficient (Wildman–Crippen LogP) is 2.15. The number of rotatable bonds is 4. The Morgan fingerprint density at radius 3 is 2.54 bits per heavy atom. The minimum atomic E-state index is 0.775. The Bertz CT molecular complexity index is 144. The smallest absolute Gasteiger partial charge is 0.0480 e. The molecule has 0 aromatic heterocycles. The van der Waals surface area contributed by atoms with Crippen molar-refractivity contribution in [3.63, 3.8) is 0 Å². The second kappa shape index (κ2) is 6.79. The largest absolute Gasteiger partial charge is 0.330 e. The number of halogens is 2. The molecular formula is C9H18I2N2. The van der Waals surface area contributed by atoms with E-state index in [9.17, 15) is 0 Å². The van der Waals surface area contributed by atoms with Gasteiger partial charge < -0.3 is 11.1 Å². The molecule has 13 heavy (non-hydrogen) atoms. The summed E-state index contributed by atoms with van der Waals surface area (Å²) in [6.07, 6.45) is 4.04. The normalized spacial score (nSPS) is 34.8. The van der Waals surface area contributed by atoms with Crippen LogP contribution in [0.1, 0.15) is 19.3 Å². The van der Waals surface area contributed by atoms with Gasteiger partial charge >= 0.3 is 0 Å². The summed E-state index contributed by atoms with van der Waals surface area (Å²) in [6.45, 7) is 2.05. The summed E-state index contributed by atoms with van der Waals surface area (Å²) in [7, 11) is 0. The Morgan fingerprint density at radius 1 is 1.23 bits per heavy atom. The van der Waals surface area contributed by atoms with Gasteiger partial charge in [0.25, 0.3) is 0 Å². The number of hydrogen-bond acceptors (Lipinski definition) is 2. The van der Waals surface area contributed by atoms with E-state index >= 15 is 0 Å². The van der Waals surface area contributed by atoms with Gasteiger partial charge in [-0.25, -0.2) is 0 Å². The second-order valence-electron chi connectivity index (χ2n) is 3.86. The predicted molar refractivity (Wildman–Crippen MR) is 74.6 cm³/mol. The molecule has 0 aliphatic heterocycles. The molecule has 0 amide bonds. The number of alkyl halides is 2. The second-order valence-corrected chi connectivity index (χ2v) is 6.38. The molecule has 1 aliphatic rings. The van der Waals surface area contributed by atoms with Crippen LogP contribution in [0.4, 0.5) is 0 Å². The van der Waals surface area contributed by atoms with E-state index < -0.39 is 0 Å². The first kappa shape index (κ1) is 12.4. The zero-order chi connectivity index (χ0) is 9.68. The maximum absolute atomic E-state index is 5.73. The summed E-state index contributed by atoms with van der Waals surface area (Å²) in [5, 5.41) is 3.43. The lowest BCUT2D eigenvalue weighted by atomic mass is 9.81. The highest BCUT2D eigenvalue weighted by Gasteiger charge is 2.25. The Hall–Kier alpha value is 1.38. The molecule has 0 saturated heterocycles. The molecule has 78 valence electrons. The summed E-state index contributed by atoms with van der Waals surface area (Å²) in [4.78, 5) is 0. The fourth-order valence-corrected chi connectivity index (χ4v) is 3.85. The molecule has 3 unspecified atom stereocenters. The summed E-state index contributed by atoms with van der Waals surface area (Å²) < 4.78 is 1.91. The van der Waals surface area contributed by atoms with E-state index in [-0.39, 0.29) is 0 Å². The third-order valence-electron chi connectivity index (χ3n) is 2.71. The first-order valence-corrected chi connectivity index (χ1v) is 7.64. The maximum atomic E-state index is 5.73. The highest BCUT2D eigenvalue weighted by atomic mass is 127. The summed E-state index contributed by atoms with van der Waals surface area (Å²) in [5.41, 5.74) is 5.73. The van der Waals surface area contributed by atoms with Gasteiger partial charge in [0.1, 0.15) is 0 Å². The van der Waals surface area contributed by atoms with E-state index in [1.165, 1.54) is 25.8 Å². The van der Waals surface area contributed by atoms with Gasteiger partial charge in [0.15, 0.2) is 0 Å². The first-order chi connectivity index (χ1) is 6.26. The van der Waals surface area contributed by atoms with E-state index in [1.807, 2.05) is 0 Å². The lowest BCUT2D eigenvalue weighted by Gasteiger charge is -2.31. The lowest BCUT2D eigenvalue weighted by molar-refractivity contribution is 0.280. The van der Waals surface area contributed by atoms with Crippen LogP contribution in [0.5, 0.6) is 0 Å². The minimum Gasteiger partial charge on any atom is -0.330 e. The number of nitrogens with one attached hydrogen (secondary N) is 1. The van der Waals surface area contributed by atoms with Crippen LogP contribution in [0.25, 0.3) is 0 Å². The average molecular weight is 408 g/mol. The minimum absolute atomic E-state index is 0.775. The van der Waals surface area contributed by atoms with Crippen molar-refractivity contribution in [1.82, 2.24) is 5.32 Å². The molecule has 2 nitrogen and oxygen atoms in total. The van der Waals surface area contributed by atoms with E-state index in [0.717, 1.165) is 26.9 Å². The van der Waals surface area contributed by atoms with Crippen LogP contribution in [-0.4, -0.2) is 21.6 Å². The fourth-order valence-electron chi connectivity index (χ4n) is 2.10. The van der Waals surface area contributed by atoms with Crippen LogP contribution < -0.4 is 11.1 Å². The van der Waals surface area contributed by atoms with Crippen LogP contribution in [0.2, 0.25) is 0 Å². The Kier molecular flexibility index (Phi) is 6.50. The number of nitrogens with two attached hydrogens (primary N) is 1. The molecular weight excluding hydrogens is 390 g/mol. The van der Waals surface area contributed by atoms with Crippen molar-refractivity contribution in [2.24, 2.45) is 17.6 Å². The Morgan fingerprint density at radius 2 is 1.92 bits per heavy atom. The van der Waals surface area contributed by atoms with E-state index in [2.05, 4.69) is 50.5 Å². The van der Waals surface area contributed by atoms with Crippen molar-refractivity contribution in [2.45, 2.75) is 23.2 Å². The molecule has 0 spiro atoms. The fraction of sp³-hybridized carbons (Fsp3) is 1.00. The monoisotopic (exact) mass is 408 g/mol. The van der Waals surface area contributed by atoms with Gasteiger partial charge in [0.05, 0.1) is 0 Å². The van der Waals surface area contributed by atoms with Gasteiger partial charge in [-0.05, 0) is 44.2 Å². The van der Waals surface area contributed by atoms with Crippen LogP contribution in [0.15, 0.2) is 0 Å². The van der Waals surface area contributed by atoms with Gasteiger partial charge in [0.2, 0.25) is 0 Å².